The number of carbonyl (C=O) groups excluding carboxylic acids is 1. The predicted octanol–water partition coefficient (Wildman–Crippen LogP) is 4.05. The van der Waals surface area contributed by atoms with Crippen LogP contribution in [0, 0.1) is 0 Å². The maximum absolute atomic E-state index is 10.7. The van der Waals surface area contributed by atoms with E-state index in [-0.39, 0.29) is 5.78 Å². The highest BCUT2D eigenvalue weighted by Gasteiger charge is 1.92. The first kappa shape index (κ1) is 13.2. The van der Waals surface area contributed by atoms with Gasteiger partial charge < -0.3 is 4.79 Å². The normalized spacial score (nSPS) is 11.3. The molecule has 0 aliphatic carbocycles. The summed E-state index contributed by atoms with van der Waals surface area (Å²) in [5.74, 6) is 0.276. The zero-order valence-corrected chi connectivity index (χ0v) is 9.89. The van der Waals surface area contributed by atoms with E-state index in [0.29, 0.717) is 6.42 Å². The molecule has 1 nitrogen and oxygen atoms in total. The molecule has 0 fully saturated rings. The third-order valence-electron chi connectivity index (χ3n) is 2.08. The van der Waals surface area contributed by atoms with E-state index in [1.165, 1.54) is 11.1 Å². The number of Topliss-reactive ketones (excluding diaryl/α,β-unsaturated/α-hetero) is 1. The molecule has 0 aliphatic heterocycles. The van der Waals surface area contributed by atoms with Gasteiger partial charge in [0.2, 0.25) is 0 Å². The van der Waals surface area contributed by atoms with Gasteiger partial charge in [-0.15, -0.1) is 0 Å². The minimum atomic E-state index is 0.276. The lowest BCUT2D eigenvalue weighted by molar-refractivity contribution is -0.116. The maximum atomic E-state index is 10.7. The summed E-state index contributed by atoms with van der Waals surface area (Å²) in [5.41, 5.74) is 2.77. The molecule has 0 aromatic carbocycles. The molecule has 0 spiro atoms. The van der Waals surface area contributed by atoms with Crippen molar-refractivity contribution in [2.45, 2.75) is 53.4 Å². The summed E-state index contributed by atoms with van der Waals surface area (Å²) >= 11 is 0. The summed E-state index contributed by atoms with van der Waals surface area (Å²) in [7, 11) is 0. The van der Waals surface area contributed by atoms with Crippen molar-refractivity contribution in [3.8, 4) is 0 Å². The van der Waals surface area contributed by atoms with Crippen LogP contribution in [0.5, 0.6) is 0 Å². The minimum absolute atomic E-state index is 0.276. The Morgan fingerprint density at radius 1 is 0.929 bits per heavy atom. The Labute approximate surface area is 87.9 Å². The van der Waals surface area contributed by atoms with Crippen molar-refractivity contribution in [3.05, 3.63) is 23.3 Å². The van der Waals surface area contributed by atoms with Crippen molar-refractivity contribution in [1.82, 2.24) is 0 Å². The monoisotopic (exact) mass is 194 g/mol. The van der Waals surface area contributed by atoms with Crippen LogP contribution < -0.4 is 0 Å². The fraction of sp³-hybridized carbons (Fsp3) is 0.615. The quantitative estimate of drug-likeness (QED) is 0.583. The molecule has 0 rings (SSSR count). The van der Waals surface area contributed by atoms with E-state index >= 15 is 0 Å². The van der Waals surface area contributed by atoms with Gasteiger partial charge in [-0.1, -0.05) is 23.3 Å². The molecule has 0 aliphatic rings. The van der Waals surface area contributed by atoms with E-state index in [4.69, 9.17) is 0 Å². The Morgan fingerprint density at radius 3 is 2.00 bits per heavy atom. The van der Waals surface area contributed by atoms with Crippen LogP contribution in [0.1, 0.15) is 53.4 Å². The standard InChI is InChI=1S/C13H22O/c1-11(2)7-5-8-12(3)9-6-10-13(4)14/h7,9H,5-6,8,10H2,1-4H3/b12-9-. The number of hydrogen-bond acceptors (Lipinski definition) is 1. The average Bonchev–Trinajstić information content (AvgIpc) is 2.02. The van der Waals surface area contributed by atoms with Gasteiger partial charge in [-0.05, 0) is 47.0 Å². The predicted molar refractivity (Wildman–Crippen MR) is 62.3 cm³/mol. The van der Waals surface area contributed by atoms with Crippen molar-refractivity contribution in [2.75, 3.05) is 0 Å². The van der Waals surface area contributed by atoms with Crippen LogP contribution in [0.4, 0.5) is 0 Å². The SMILES string of the molecule is CC(=O)CC/C=C(/C)CCC=C(C)C. The van der Waals surface area contributed by atoms with Crippen LogP contribution in [0.25, 0.3) is 0 Å². The lowest BCUT2D eigenvalue weighted by atomic mass is 10.1. The molecule has 80 valence electrons. The van der Waals surface area contributed by atoms with Crippen LogP contribution in [0.2, 0.25) is 0 Å². The third-order valence-corrected chi connectivity index (χ3v) is 2.08. The molecule has 0 radical (unpaired) electrons. The second kappa shape index (κ2) is 7.54. The first-order valence-electron chi connectivity index (χ1n) is 5.31. The van der Waals surface area contributed by atoms with Gasteiger partial charge in [-0.25, -0.2) is 0 Å². The fourth-order valence-corrected chi connectivity index (χ4v) is 1.21. The highest BCUT2D eigenvalue weighted by atomic mass is 16.1. The van der Waals surface area contributed by atoms with Crippen LogP contribution in [0.15, 0.2) is 23.3 Å². The Morgan fingerprint density at radius 2 is 1.50 bits per heavy atom. The van der Waals surface area contributed by atoms with Crippen molar-refractivity contribution in [2.24, 2.45) is 0 Å². The molecular formula is C13H22O. The second-order valence-electron chi connectivity index (χ2n) is 4.11. The topological polar surface area (TPSA) is 17.1 Å². The molecule has 0 aromatic heterocycles. The lowest BCUT2D eigenvalue weighted by Gasteiger charge is -1.98. The van der Waals surface area contributed by atoms with Gasteiger partial charge in [0.15, 0.2) is 0 Å². The third kappa shape index (κ3) is 9.24. The summed E-state index contributed by atoms with van der Waals surface area (Å²) in [6.07, 6.45) is 8.24. The molecule has 0 heterocycles. The Kier molecular flexibility index (Phi) is 7.09. The summed E-state index contributed by atoms with van der Waals surface area (Å²) in [6.45, 7) is 8.02. The van der Waals surface area contributed by atoms with E-state index < -0.39 is 0 Å². The van der Waals surface area contributed by atoms with Gasteiger partial charge in [0.25, 0.3) is 0 Å². The highest BCUT2D eigenvalue weighted by molar-refractivity contribution is 5.75. The van der Waals surface area contributed by atoms with Crippen molar-refractivity contribution in [1.29, 1.82) is 0 Å². The van der Waals surface area contributed by atoms with Crippen LogP contribution in [-0.4, -0.2) is 5.78 Å². The van der Waals surface area contributed by atoms with Gasteiger partial charge in [0, 0.05) is 6.42 Å². The Balaban J connectivity index is 3.67. The number of ketones is 1. The first-order chi connectivity index (χ1) is 6.52. The first-order valence-corrected chi connectivity index (χ1v) is 5.31. The van der Waals surface area contributed by atoms with Crippen LogP contribution >= 0.6 is 0 Å². The number of carbonyl (C=O) groups is 1. The van der Waals surface area contributed by atoms with Gasteiger partial charge in [0.05, 0.1) is 0 Å². The fourth-order valence-electron chi connectivity index (χ4n) is 1.21. The largest absolute Gasteiger partial charge is 0.300 e. The smallest absolute Gasteiger partial charge is 0.130 e. The molecule has 0 aromatic rings. The van der Waals surface area contributed by atoms with E-state index in [1.54, 1.807) is 6.92 Å². The molecule has 0 saturated heterocycles. The molecule has 0 amide bonds. The zero-order valence-electron chi connectivity index (χ0n) is 9.89. The molecule has 0 bridgehead atoms. The van der Waals surface area contributed by atoms with Crippen LogP contribution in [0.3, 0.4) is 0 Å². The van der Waals surface area contributed by atoms with Gasteiger partial charge in [-0.2, -0.15) is 0 Å². The van der Waals surface area contributed by atoms with E-state index in [0.717, 1.165) is 19.3 Å². The maximum Gasteiger partial charge on any atom is 0.130 e. The van der Waals surface area contributed by atoms with Crippen LogP contribution in [-0.2, 0) is 4.79 Å². The average molecular weight is 194 g/mol. The summed E-state index contributed by atoms with van der Waals surface area (Å²) < 4.78 is 0. The van der Waals surface area contributed by atoms with E-state index in [2.05, 4.69) is 32.9 Å². The molecule has 14 heavy (non-hydrogen) atoms. The number of rotatable bonds is 6. The van der Waals surface area contributed by atoms with E-state index in [9.17, 15) is 4.79 Å². The zero-order chi connectivity index (χ0) is 11.0. The van der Waals surface area contributed by atoms with Crippen molar-refractivity contribution >= 4 is 5.78 Å². The van der Waals surface area contributed by atoms with Crippen molar-refractivity contribution < 1.29 is 4.79 Å². The molecule has 1 heteroatoms. The number of hydrogen-bond donors (Lipinski definition) is 0. The highest BCUT2D eigenvalue weighted by Crippen LogP contribution is 2.08. The lowest BCUT2D eigenvalue weighted by Crippen LogP contribution is -1.87. The molecule has 0 unspecified atom stereocenters. The summed E-state index contributed by atoms with van der Waals surface area (Å²) in [5, 5.41) is 0. The Bertz CT molecular complexity index is 230. The molecule has 0 saturated carbocycles. The Hall–Kier alpha value is -0.850. The minimum Gasteiger partial charge on any atom is -0.300 e. The van der Waals surface area contributed by atoms with E-state index in [1.807, 2.05) is 0 Å². The molecule has 0 N–H and O–H groups in total. The van der Waals surface area contributed by atoms with Crippen molar-refractivity contribution in [3.63, 3.8) is 0 Å². The summed E-state index contributed by atoms with van der Waals surface area (Å²) in [6, 6.07) is 0. The summed E-state index contributed by atoms with van der Waals surface area (Å²) in [4.78, 5) is 10.7. The number of allylic oxidation sites excluding steroid dienone is 4. The van der Waals surface area contributed by atoms with Gasteiger partial charge in [-0.3, -0.25) is 0 Å². The molecule has 0 atom stereocenters. The second-order valence-corrected chi connectivity index (χ2v) is 4.11. The molecular weight excluding hydrogens is 172 g/mol. The van der Waals surface area contributed by atoms with Gasteiger partial charge >= 0.3 is 0 Å². The van der Waals surface area contributed by atoms with Gasteiger partial charge in [0.1, 0.15) is 5.78 Å².